The molecule has 2 rings (SSSR count). The van der Waals surface area contributed by atoms with Gasteiger partial charge in [-0.15, -0.1) is 5.92 Å². The highest BCUT2D eigenvalue weighted by Crippen LogP contribution is 2.42. The van der Waals surface area contributed by atoms with Crippen molar-refractivity contribution in [2.24, 2.45) is 11.8 Å². The summed E-state index contributed by atoms with van der Waals surface area (Å²) in [5.41, 5.74) is 0. The van der Waals surface area contributed by atoms with Gasteiger partial charge in [0.05, 0.1) is 0 Å². The monoisotopic (exact) mass is 148 g/mol. The van der Waals surface area contributed by atoms with Gasteiger partial charge >= 0.3 is 0 Å². The van der Waals surface area contributed by atoms with E-state index in [9.17, 15) is 0 Å². The summed E-state index contributed by atoms with van der Waals surface area (Å²) in [5, 5.41) is 0. The second-order valence-electron chi connectivity index (χ2n) is 3.88. The van der Waals surface area contributed by atoms with Gasteiger partial charge in [0.2, 0.25) is 0 Å². The normalized spacial score (nSPS) is 36.4. The molecule has 0 aromatic carbocycles. The van der Waals surface area contributed by atoms with Crippen molar-refractivity contribution in [2.45, 2.75) is 44.9 Å². The number of rotatable bonds is 0. The first-order chi connectivity index (χ1) is 5.47. The fraction of sp³-hybridized carbons (Fsp3) is 0.818. The highest BCUT2D eigenvalue weighted by molar-refractivity contribution is 5.12. The number of hydrogen-bond acceptors (Lipinski definition) is 0. The Hall–Kier alpha value is -0.440. The SMILES string of the molecule is C1#C[C@H]2C[C@H]2CCCCCC1. The lowest BCUT2D eigenvalue weighted by Gasteiger charge is -1.99. The molecule has 0 aromatic heterocycles. The van der Waals surface area contributed by atoms with E-state index in [0.717, 1.165) is 18.3 Å². The van der Waals surface area contributed by atoms with E-state index in [1.165, 1.54) is 38.5 Å². The van der Waals surface area contributed by atoms with Crippen molar-refractivity contribution in [2.75, 3.05) is 0 Å². The van der Waals surface area contributed by atoms with E-state index in [4.69, 9.17) is 0 Å². The van der Waals surface area contributed by atoms with Crippen LogP contribution in [0.4, 0.5) is 0 Å². The standard InChI is InChI=1S/C11H16/c1-2-4-6-8-11-9-10(11)7-5-3-1/h10-11H,1-5,7,9H2/t10-,11+/m1/s1. The quantitative estimate of drug-likeness (QED) is 0.463. The third-order valence-electron chi connectivity index (χ3n) is 2.84. The molecule has 0 heteroatoms. The Labute approximate surface area is 69.4 Å². The minimum atomic E-state index is 0.813. The molecule has 11 heavy (non-hydrogen) atoms. The van der Waals surface area contributed by atoms with Gasteiger partial charge in [-0.05, 0) is 25.2 Å². The molecule has 1 saturated carbocycles. The first kappa shape index (κ1) is 7.22. The molecule has 0 spiro atoms. The van der Waals surface area contributed by atoms with Gasteiger partial charge in [0.25, 0.3) is 0 Å². The van der Waals surface area contributed by atoms with Crippen LogP contribution in [0.3, 0.4) is 0 Å². The summed E-state index contributed by atoms with van der Waals surface area (Å²) >= 11 is 0. The highest BCUT2D eigenvalue weighted by atomic mass is 14.4. The summed E-state index contributed by atoms with van der Waals surface area (Å²) in [4.78, 5) is 0. The summed E-state index contributed by atoms with van der Waals surface area (Å²) < 4.78 is 0. The summed E-state index contributed by atoms with van der Waals surface area (Å²) in [6.07, 6.45) is 9.68. The lowest BCUT2D eigenvalue weighted by molar-refractivity contribution is 0.577. The second-order valence-corrected chi connectivity index (χ2v) is 3.88. The van der Waals surface area contributed by atoms with Gasteiger partial charge < -0.3 is 0 Å². The van der Waals surface area contributed by atoms with E-state index < -0.39 is 0 Å². The molecule has 0 N–H and O–H groups in total. The molecule has 1 fully saturated rings. The molecule has 0 amide bonds. The van der Waals surface area contributed by atoms with Crippen LogP contribution < -0.4 is 0 Å². The third-order valence-corrected chi connectivity index (χ3v) is 2.84. The first-order valence-corrected chi connectivity index (χ1v) is 4.95. The largest absolute Gasteiger partial charge is 0.103 e. The molecule has 2 atom stereocenters. The predicted molar refractivity (Wildman–Crippen MR) is 47.1 cm³/mol. The number of hydrogen-bond donors (Lipinski definition) is 0. The molecule has 0 radical (unpaired) electrons. The van der Waals surface area contributed by atoms with Crippen LogP contribution >= 0.6 is 0 Å². The molecule has 0 aromatic rings. The fourth-order valence-corrected chi connectivity index (χ4v) is 1.92. The van der Waals surface area contributed by atoms with Crippen LogP contribution in [0.5, 0.6) is 0 Å². The molecule has 2 aliphatic carbocycles. The Bertz CT molecular complexity index is 182. The maximum Gasteiger partial charge on any atom is 0.0234 e. The van der Waals surface area contributed by atoms with E-state index in [0.29, 0.717) is 0 Å². The van der Waals surface area contributed by atoms with Gasteiger partial charge in [0.1, 0.15) is 0 Å². The van der Waals surface area contributed by atoms with Crippen LogP contribution in [-0.2, 0) is 0 Å². The molecule has 2 aliphatic rings. The second kappa shape index (κ2) is 3.30. The van der Waals surface area contributed by atoms with Gasteiger partial charge in [-0.2, -0.15) is 0 Å². The Morgan fingerprint density at radius 1 is 1.00 bits per heavy atom. The zero-order chi connectivity index (χ0) is 7.52. The topological polar surface area (TPSA) is 0 Å². The Kier molecular flexibility index (Phi) is 2.17. The van der Waals surface area contributed by atoms with Crippen molar-refractivity contribution < 1.29 is 0 Å². The van der Waals surface area contributed by atoms with Crippen molar-refractivity contribution in [3.05, 3.63) is 0 Å². The molecule has 0 unspecified atom stereocenters. The molecular formula is C11H16. The van der Waals surface area contributed by atoms with Gasteiger partial charge in [-0.1, -0.05) is 25.2 Å². The molecule has 0 heterocycles. The van der Waals surface area contributed by atoms with Gasteiger partial charge in [-0.25, -0.2) is 0 Å². The van der Waals surface area contributed by atoms with Crippen LogP contribution in [0.1, 0.15) is 44.9 Å². The first-order valence-electron chi connectivity index (χ1n) is 4.95. The van der Waals surface area contributed by atoms with Crippen LogP contribution in [0.25, 0.3) is 0 Å². The maximum atomic E-state index is 3.38. The van der Waals surface area contributed by atoms with E-state index in [2.05, 4.69) is 11.8 Å². The van der Waals surface area contributed by atoms with Gasteiger partial charge in [-0.3, -0.25) is 0 Å². The van der Waals surface area contributed by atoms with Crippen LogP contribution in [0.15, 0.2) is 0 Å². The highest BCUT2D eigenvalue weighted by Gasteiger charge is 2.34. The fourth-order valence-electron chi connectivity index (χ4n) is 1.92. The molecular weight excluding hydrogens is 132 g/mol. The molecule has 0 bridgehead atoms. The van der Waals surface area contributed by atoms with E-state index in [-0.39, 0.29) is 0 Å². The lowest BCUT2D eigenvalue weighted by atomic mass is 10.1. The Morgan fingerprint density at radius 3 is 2.91 bits per heavy atom. The summed E-state index contributed by atoms with van der Waals surface area (Å²) in [6, 6.07) is 0. The summed E-state index contributed by atoms with van der Waals surface area (Å²) in [6.45, 7) is 0. The van der Waals surface area contributed by atoms with Crippen molar-refractivity contribution in [1.29, 1.82) is 0 Å². The van der Waals surface area contributed by atoms with Crippen molar-refractivity contribution >= 4 is 0 Å². The summed E-state index contributed by atoms with van der Waals surface area (Å²) in [5.74, 6) is 8.49. The van der Waals surface area contributed by atoms with E-state index >= 15 is 0 Å². The van der Waals surface area contributed by atoms with Gasteiger partial charge in [0.15, 0.2) is 0 Å². The van der Waals surface area contributed by atoms with Crippen LogP contribution in [0, 0.1) is 23.7 Å². The Balaban J connectivity index is 1.87. The minimum Gasteiger partial charge on any atom is -0.103 e. The predicted octanol–water partition coefficient (Wildman–Crippen LogP) is 2.98. The minimum absolute atomic E-state index is 0.813. The molecule has 0 aliphatic heterocycles. The van der Waals surface area contributed by atoms with E-state index in [1.54, 1.807) is 0 Å². The molecule has 60 valence electrons. The summed E-state index contributed by atoms with van der Waals surface area (Å²) in [7, 11) is 0. The van der Waals surface area contributed by atoms with E-state index in [1.807, 2.05) is 0 Å². The lowest BCUT2D eigenvalue weighted by Crippen LogP contribution is -1.85. The molecule has 0 nitrogen and oxygen atoms in total. The maximum absolute atomic E-state index is 3.38. The van der Waals surface area contributed by atoms with Crippen LogP contribution in [-0.4, -0.2) is 0 Å². The Morgan fingerprint density at radius 2 is 1.91 bits per heavy atom. The zero-order valence-electron chi connectivity index (χ0n) is 7.10. The smallest absolute Gasteiger partial charge is 0.0234 e. The molecule has 0 saturated heterocycles. The third kappa shape index (κ3) is 1.99. The van der Waals surface area contributed by atoms with Crippen molar-refractivity contribution in [1.82, 2.24) is 0 Å². The average Bonchev–Trinajstić information content (AvgIpc) is 2.76. The van der Waals surface area contributed by atoms with Gasteiger partial charge in [0, 0.05) is 12.3 Å². The van der Waals surface area contributed by atoms with Crippen molar-refractivity contribution in [3.63, 3.8) is 0 Å². The van der Waals surface area contributed by atoms with Crippen molar-refractivity contribution in [3.8, 4) is 11.8 Å². The average molecular weight is 148 g/mol. The zero-order valence-corrected chi connectivity index (χ0v) is 7.10. The number of fused-ring (bicyclic) bond motifs is 1. The van der Waals surface area contributed by atoms with Crippen LogP contribution in [0.2, 0.25) is 0 Å².